The highest BCUT2D eigenvalue weighted by Crippen LogP contribution is 2.10. The number of likely N-dealkylation sites (N-methyl/N-ethyl adjacent to an activating group) is 1. The van der Waals surface area contributed by atoms with Crippen LogP contribution in [0.25, 0.3) is 0 Å². The van der Waals surface area contributed by atoms with Gasteiger partial charge in [0, 0.05) is 0 Å². The second kappa shape index (κ2) is 7.76. The Balaban J connectivity index is 1.92. The number of nitrogens with zero attached hydrogens (tertiary/aromatic N) is 2. The highest BCUT2D eigenvalue weighted by Gasteiger charge is 2.21. The number of ether oxygens (including phenoxy) is 1. The third-order valence-electron chi connectivity index (χ3n) is 3.23. The van der Waals surface area contributed by atoms with Crippen molar-refractivity contribution in [2.24, 2.45) is 5.10 Å². The van der Waals surface area contributed by atoms with Gasteiger partial charge in [-0.1, -0.05) is 53.6 Å². The maximum Gasteiger partial charge on any atom is 0.139 e. The number of benzene rings is 2. The molecule has 2 aromatic rings. The number of quaternary nitrogens is 1. The third kappa shape index (κ3) is 5.73. The van der Waals surface area contributed by atoms with E-state index in [-0.39, 0.29) is 23.6 Å². The second-order valence-corrected chi connectivity index (χ2v) is 5.85. The van der Waals surface area contributed by atoms with Crippen molar-refractivity contribution < 1.29 is 19.5 Å². The van der Waals surface area contributed by atoms with Gasteiger partial charge in [-0.05, 0) is 17.7 Å². The third-order valence-corrected chi connectivity index (χ3v) is 3.23. The molecule has 0 heterocycles. The summed E-state index contributed by atoms with van der Waals surface area (Å²) in [5.74, 6) is 0.404. The van der Waals surface area contributed by atoms with E-state index in [2.05, 4.69) is 5.10 Å². The monoisotopic (exact) mass is 314 g/mol. The van der Waals surface area contributed by atoms with Gasteiger partial charge in [0.2, 0.25) is 0 Å². The molecule has 0 radical (unpaired) electrons. The molecule has 23 heavy (non-hydrogen) atoms. The normalized spacial score (nSPS) is 13.6. The van der Waals surface area contributed by atoms with Gasteiger partial charge >= 0.3 is 0 Å². The van der Waals surface area contributed by atoms with E-state index in [4.69, 9.17) is 4.74 Å². The highest BCUT2D eigenvalue weighted by molar-refractivity contribution is 5.89. The average Bonchev–Trinajstić information content (AvgIpc) is 2.54. The number of hydrogen-bond acceptors (Lipinski definition) is 4. The van der Waals surface area contributed by atoms with E-state index in [1.165, 1.54) is 0 Å². The van der Waals surface area contributed by atoms with Crippen molar-refractivity contribution in [2.45, 2.75) is 6.10 Å². The van der Waals surface area contributed by atoms with Crippen LogP contribution in [0.1, 0.15) is 5.56 Å². The molecule has 0 saturated heterocycles. The quantitative estimate of drug-likeness (QED) is 0.362. The molecule has 2 rings (SSSR count). The van der Waals surface area contributed by atoms with Crippen LogP contribution < -0.4 is 9.84 Å². The average molecular weight is 314 g/mol. The minimum absolute atomic E-state index is 0.0348. The van der Waals surface area contributed by atoms with Crippen LogP contribution in [-0.2, 0) is 0 Å². The molecule has 0 bridgehead atoms. The lowest BCUT2D eigenvalue weighted by atomic mass is 10.2. The Morgan fingerprint density at radius 2 is 1.65 bits per heavy atom. The fraction of sp³-hybridized carbons (Fsp3) is 0.278. The summed E-state index contributed by atoms with van der Waals surface area (Å²) >= 11 is 0. The van der Waals surface area contributed by atoms with E-state index in [1.54, 1.807) is 38.4 Å². The van der Waals surface area contributed by atoms with Crippen molar-refractivity contribution in [3.63, 3.8) is 0 Å². The summed E-state index contributed by atoms with van der Waals surface area (Å²) in [6.45, 7) is 0.437. The van der Waals surface area contributed by atoms with Crippen LogP contribution in [0.4, 0.5) is 0 Å². The number of rotatable bonds is 7. The first-order valence-corrected chi connectivity index (χ1v) is 7.48. The molecular formula is C18H22N2O3. The lowest BCUT2D eigenvalue weighted by Crippen LogP contribution is -2.44. The summed E-state index contributed by atoms with van der Waals surface area (Å²) in [5.41, 5.74) is 0.536. The van der Waals surface area contributed by atoms with Gasteiger partial charge in [0.1, 0.15) is 25.0 Å². The summed E-state index contributed by atoms with van der Waals surface area (Å²) in [5, 5.41) is 26.4. The van der Waals surface area contributed by atoms with Gasteiger partial charge < -0.3 is 14.9 Å². The molecule has 122 valence electrons. The lowest BCUT2D eigenvalue weighted by molar-refractivity contribution is -0.901. The van der Waals surface area contributed by atoms with Crippen molar-refractivity contribution in [1.29, 1.82) is 0 Å². The zero-order valence-electron chi connectivity index (χ0n) is 13.4. The molecule has 5 heteroatoms. The van der Waals surface area contributed by atoms with Gasteiger partial charge in [-0.25, -0.2) is 4.59 Å². The van der Waals surface area contributed by atoms with Gasteiger partial charge in [0.25, 0.3) is 0 Å². The van der Waals surface area contributed by atoms with Crippen molar-refractivity contribution in [3.05, 3.63) is 66.2 Å². The van der Waals surface area contributed by atoms with Gasteiger partial charge in [0.15, 0.2) is 0 Å². The van der Waals surface area contributed by atoms with E-state index in [0.717, 1.165) is 0 Å². The molecule has 1 atom stereocenters. The van der Waals surface area contributed by atoms with Gasteiger partial charge in [-0.3, -0.25) is 0 Å². The van der Waals surface area contributed by atoms with Gasteiger partial charge in [0.05, 0.1) is 20.0 Å². The fourth-order valence-electron chi connectivity index (χ4n) is 2.20. The van der Waals surface area contributed by atoms with Crippen LogP contribution in [-0.4, -0.2) is 48.9 Å². The Morgan fingerprint density at radius 3 is 2.26 bits per heavy atom. The Hall–Kier alpha value is -2.37. The van der Waals surface area contributed by atoms with Crippen LogP contribution in [0, 0.1) is 0 Å². The summed E-state index contributed by atoms with van der Waals surface area (Å²) in [6, 6.07) is 18.2. The topological polar surface area (TPSA) is 64.9 Å². The molecule has 1 unspecified atom stereocenters. The number of aliphatic hydroxyl groups is 1. The molecule has 5 nitrogen and oxygen atoms in total. The second-order valence-electron chi connectivity index (χ2n) is 5.85. The largest absolute Gasteiger partial charge is 0.855 e. The maximum atomic E-state index is 12.1. The van der Waals surface area contributed by atoms with E-state index >= 15 is 0 Å². The summed E-state index contributed by atoms with van der Waals surface area (Å²) in [4.78, 5) is 0. The zero-order valence-corrected chi connectivity index (χ0v) is 13.4. The Bertz CT molecular complexity index is 627. The van der Waals surface area contributed by atoms with E-state index in [0.29, 0.717) is 11.3 Å². The van der Waals surface area contributed by atoms with Crippen molar-refractivity contribution in [1.82, 2.24) is 0 Å². The number of aliphatic hydroxyl groups excluding tert-OH is 1. The Morgan fingerprint density at radius 1 is 1.09 bits per heavy atom. The Kier molecular flexibility index (Phi) is 5.73. The minimum atomic E-state index is -0.725. The molecule has 0 spiro atoms. The molecule has 0 saturated carbocycles. The number of para-hydroxylation sites is 1. The minimum Gasteiger partial charge on any atom is -0.855 e. The van der Waals surface area contributed by atoms with E-state index in [1.807, 2.05) is 36.4 Å². The molecule has 0 aromatic heterocycles. The van der Waals surface area contributed by atoms with Crippen LogP contribution in [0.5, 0.6) is 5.75 Å². The first-order valence-electron chi connectivity index (χ1n) is 7.48. The molecular weight excluding hydrogens is 292 g/mol. The van der Waals surface area contributed by atoms with E-state index in [9.17, 15) is 10.2 Å². The molecule has 0 fully saturated rings. The van der Waals surface area contributed by atoms with Crippen molar-refractivity contribution >= 4 is 5.90 Å². The highest BCUT2D eigenvalue weighted by atomic mass is 16.5. The predicted octanol–water partition coefficient (Wildman–Crippen LogP) is 1.22. The standard InChI is InChI=1S/C18H22N2O3/c1-20(2,19-18(22)15-9-5-3-6-10-15)13-16(21)14-23-17-11-7-4-8-12-17/h3-12,16,21H,13-14H2,1-2H3. The predicted molar refractivity (Wildman–Crippen MR) is 87.9 cm³/mol. The summed E-state index contributed by atoms with van der Waals surface area (Å²) < 4.78 is 5.55. The smallest absolute Gasteiger partial charge is 0.139 e. The van der Waals surface area contributed by atoms with Gasteiger partial charge in [-0.2, -0.15) is 0 Å². The van der Waals surface area contributed by atoms with Crippen molar-refractivity contribution in [2.75, 3.05) is 27.2 Å². The zero-order chi connectivity index (χ0) is 16.7. The van der Waals surface area contributed by atoms with Crippen LogP contribution >= 0.6 is 0 Å². The fourth-order valence-corrected chi connectivity index (χ4v) is 2.20. The molecule has 1 N–H and O–H groups in total. The van der Waals surface area contributed by atoms with Crippen LogP contribution in [0.15, 0.2) is 65.8 Å². The van der Waals surface area contributed by atoms with Crippen molar-refractivity contribution in [3.8, 4) is 5.75 Å². The first kappa shape index (κ1) is 17.0. The first-order chi connectivity index (χ1) is 11.0. The number of hydrogen-bond donors (Lipinski definition) is 1. The summed E-state index contributed by atoms with van der Waals surface area (Å²) in [6.07, 6.45) is -0.725. The maximum absolute atomic E-state index is 12.1. The summed E-state index contributed by atoms with van der Waals surface area (Å²) in [7, 11) is 3.54. The molecule has 0 aliphatic rings. The molecule has 0 aliphatic carbocycles. The SMILES string of the molecule is C[N+](C)(CC(O)COc1ccccc1)/N=C(\[O-])c1ccccc1. The molecule has 0 aliphatic heterocycles. The van der Waals surface area contributed by atoms with Gasteiger partial charge in [-0.15, -0.1) is 0 Å². The lowest BCUT2D eigenvalue weighted by Gasteiger charge is -2.27. The van der Waals surface area contributed by atoms with Crippen LogP contribution in [0.2, 0.25) is 0 Å². The Labute approximate surface area is 136 Å². The van der Waals surface area contributed by atoms with Crippen LogP contribution in [0.3, 0.4) is 0 Å². The van der Waals surface area contributed by atoms with E-state index < -0.39 is 6.10 Å². The molecule has 0 amide bonds. The molecule has 2 aromatic carbocycles.